The van der Waals surface area contributed by atoms with Crippen molar-refractivity contribution in [3.63, 3.8) is 0 Å². The molecule has 0 aliphatic heterocycles. The molecule has 25 heavy (non-hydrogen) atoms. The molecule has 0 saturated carbocycles. The molecule has 3 N–H and O–H groups in total. The highest BCUT2D eigenvalue weighted by molar-refractivity contribution is 5.84. The van der Waals surface area contributed by atoms with E-state index in [1.165, 1.54) is 32.9 Å². The maximum atomic E-state index is 11.8. The first-order valence-electron chi connectivity index (χ1n) is 8.06. The van der Waals surface area contributed by atoms with Crippen LogP contribution < -0.4 is 5.73 Å². The minimum Gasteiger partial charge on any atom is -0.481 e. The Labute approximate surface area is 147 Å². The van der Waals surface area contributed by atoms with Crippen molar-refractivity contribution in [1.29, 1.82) is 0 Å². The highest BCUT2D eigenvalue weighted by Gasteiger charge is 2.27. The van der Waals surface area contributed by atoms with E-state index in [1.807, 2.05) is 0 Å². The molecule has 0 aromatic heterocycles. The van der Waals surface area contributed by atoms with Crippen LogP contribution in [0.3, 0.4) is 0 Å². The predicted molar refractivity (Wildman–Crippen MR) is 88.8 cm³/mol. The molecule has 144 valence electrons. The molecule has 0 aromatic carbocycles. The molecule has 0 heterocycles. The van der Waals surface area contributed by atoms with Crippen molar-refractivity contribution < 1.29 is 33.8 Å². The van der Waals surface area contributed by atoms with E-state index in [9.17, 15) is 19.2 Å². The van der Waals surface area contributed by atoms with Gasteiger partial charge >= 0.3 is 18.0 Å². The van der Waals surface area contributed by atoms with Crippen LogP contribution in [0.25, 0.3) is 0 Å². The lowest BCUT2D eigenvalue weighted by Crippen LogP contribution is -2.37. The van der Waals surface area contributed by atoms with E-state index in [4.69, 9.17) is 15.6 Å². The monoisotopic (exact) mass is 360 g/mol. The molecule has 0 saturated heterocycles. The Morgan fingerprint density at radius 3 is 2.28 bits per heavy atom. The smallest absolute Gasteiger partial charge is 0.409 e. The number of ether oxygens (including phenoxy) is 2. The van der Waals surface area contributed by atoms with E-state index in [-0.39, 0.29) is 25.4 Å². The highest BCUT2D eigenvalue weighted by Crippen LogP contribution is 2.19. The molecular weight excluding hydrogens is 332 g/mol. The van der Waals surface area contributed by atoms with Crippen molar-refractivity contribution >= 4 is 23.8 Å². The van der Waals surface area contributed by atoms with Gasteiger partial charge in [-0.1, -0.05) is 6.92 Å². The molecule has 1 amide bonds. The van der Waals surface area contributed by atoms with Crippen LogP contribution in [0.1, 0.15) is 33.1 Å². The second-order valence-corrected chi connectivity index (χ2v) is 5.94. The number of esters is 1. The topological polar surface area (TPSA) is 136 Å². The Morgan fingerprint density at radius 2 is 1.80 bits per heavy atom. The molecule has 0 aliphatic carbocycles. The number of ketones is 1. The van der Waals surface area contributed by atoms with E-state index in [2.05, 4.69) is 4.74 Å². The Bertz CT molecular complexity index is 481. The molecule has 0 radical (unpaired) electrons. The Hall–Kier alpha value is -2.16. The number of methoxy groups -OCH3 is 1. The fraction of sp³-hybridized carbons (Fsp3) is 0.750. The Morgan fingerprint density at radius 1 is 1.20 bits per heavy atom. The minimum atomic E-state index is -1.03. The summed E-state index contributed by atoms with van der Waals surface area (Å²) in [5.74, 6) is -3.17. The fourth-order valence-electron chi connectivity index (χ4n) is 2.24. The van der Waals surface area contributed by atoms with Gasteiger partial charge in [0.25, 0.3) is 0 Å². The standard InChI is InChI=1S/C16H28N2O7/c1-10(14(20)21)12(11(2)19)6-5-9-25-16(23)18(3)8-7-13(17)15(22)24-4/h10,12-13H,5-9,17H2,1-4H3,(H,20,21). The van der Waals surface area contributed by atoms with Crippen LogP contribution in [0.5, 0.6) is 0 Å². The van der Waals surface area contributed by atoms with Crippen LogP contribution in [-0.4, -0.2) is 67.2 Å². The lowest BCUT2D eigenvalue weighted by Gasteiger charge is -2.20. The molecule has 9 nitrogen and oxygen atoms in total. The number of amides is 1. The summed E-state index contributed by atoms with van der Waals surface area (Å²) in [6, 6.07) is -0.811. The molecule has 9 heteroatoms. The number of nitrogens with two attached hydrogens (primary N) is 1. The summed E-state index contributed by atoms with van der Waals surface area (Å²) in [5, 5.41) is 8.99. The largest absolute Gasteiger partial charge is 0.481 e. The van der Waals surface area contributed by atoms with Crippen molar-refractivity contribution in [3.8, 4) is 0 Å². The third-order valence-corrected chi connectivity index (χ3v) is 3.99. The van der Waals surface area contributed by atoms with E-state index in [0.717, 1.165) is 0 Å². The van der Waals surface area contributed by atoms with Crippen LogP contribution in [0.4, 0.5) is 4.79 Å². The highest BCUT2D eigenvalue weighted by atomic mass is 16.6. The molecule has 3 atom stereocenters. The van der Waals surface area contributed by atoms with Gasteiger partial charge in [-0.05, 0) is 26.2 Å². The Kier molecular flexibility index (Phi) is 10.4. The number of aliphatic carboxylic acids is 1. The summed E-state index contributed by atoms with van der Waals surface area (Å²) >= 11 is 0. The molecule has 0 aromatic rings. The third-order valence-electron chi connectivity index (χ3n) is 3.99. The number of rotatable bonds is 11. The van der Waals surface area contributed by atoms with Gasteiger partial charge in [0.05, 0.1) is 19.6 Å². The third kappa shape index (κ3) is 8.48. The van der Waals surface area contributed by atoms with Crippen LogP contribution in [-0.2, 0) is 23.9 Å². The Balaban J connectivity index is 4.18. The molecule has 0 spiro atoms. The van der Waals surface area contributed by atoms with Gasteiger partial charge in [0.15, 0.2) is 0 Å². The number of carbonyl (C=O) groups excluding carboxylic acids is 3. The number of hydrogen-bond acceptors (Lipinski definition) is 7. The number of carbonyl (C=O) groups is 4. The van der Waals surface area contributed by atoms with Gasteiger partial charge in [-0.25, -0.2) is 4.79 Å². The van der Waals surface area contributed by atoms with Crippen molar-refractivity contribution in [1.82, 2.24) is 4.90 Å². The SMILES string of the molecule is COC(=O)C(N)CCN(C)C(=O)OCCCC(C(C)=O)C(C)C(=O)O. The maximum Gasteiger partial charge on any atom is 0.409 e. The first-order valence-corrected chi connectivity index (χ1v) is 8.06. The van der Waals surface area contributed by atoms with Gasteiger partial charge in [0.2, 0.25) is 0 Å². The first kappa shape index (κ1) is 22.8. The quantitative estimate of drug-likeness (QED) is 0.405. The summed E-state index contributed by atoms with van der Waals surface area (Å²) in [6.45, 7) is 3.14. The van der Waals surface area contributed by atoms with Gasteiger partial charge < -0.3 is 25.2 Å². The number of carboxylic acids is 1. The zero-order valence-corrected chi connectivity index (χ0v) is 15.2. The van der Waals surface area contributed by atoms with Crippen LogP contribution in [0.2, 0.25) is 0 Å². The zero-order valence-electron chi connectivity index (χ0n) is 15.2. The van der Waals surface area contributed by atoms with Crippen molar-refractivity contribution in [3.05, 3.63) is 0 Å². The number of Topliss-reactive ketones (excluding diaryl/α,β-unsaturated/α-hetero) is 1. The molecule has 3 unspecified atom stereocenters. The normalized spacial score (nSPS) is 14.1. The van der Waals surface area contributed by atoms with E-state index in [0.29, 0.717) is 12.8 Å². The summed E-state index contributed by atoms with van der Waals surface area (Å²) in [6.07, 6.45) is 0.361. The van der Waals surface area contributed by atoms with Gasteiger partial charge in [0.1, 0.15) is 11.8 Å². The van der Waals surface area contributed by atoms with Gasteiger partial charge in [-0.15, -0.1) is 0 Å². The summed E-state index contributed by atoms with van der Waals surface area (Å²) in [7, 11) is 2.75. The summed E-state index contributed by atoms with van der Waals surface area (Å²) < 4.78 is 9.56. The van der Waals surface area contributed by atoms with Crippen molar-refractivity contribution in [2.75, 3.05) is 27.3 Å². The van der Waals surface area contributed by atoms with E-state index in [1.54, 1.807) is 0 Å². The van der Waals surface area contributed by atoms with E-state index >= 15 is 0 Å². The molecular formula is C16H28N2O7. The lowest BCUT2D eigenvalue weighted by atomic mass is 9.87. The van der Waals surface area contributed by atoms with Gasteiger partial charge in [-0.2, -0.15) is 0 Å². The van der Waals surface area contributed by atoms with Gasteiger partial charge in [0, 0.05) is 19.5 Å². The average Bonchev–Trinajstić information content (AvgIpc) is 2.57. The molecule has 0 rings (SSSR count). The average molecular weight is 360 g/mol. The van der Waals surface area contributed by atoms with Crippen molar-refractivity contribution in [2.24, 2.45) is 17.6 Å². The predicted octanol–water partition coefficient (Wildman–Crippen LogP) is 0.651. The molecule has 0 fully saturated rings. The lowest BCUT2D eigenvalue weighted by molar-refractivity contribution is -0.146. The molecule has 0 bridgehead atoms. The second kappa shape index (κ2) is 11.4. The van der Waals surface area contributed by atoms with E-state index < -0.39 is 35.9 Å². The van der Waals surface area contributed by atoms with Gasteiger partial charge in [-0.3, -0.25) is 14.4 Å². The van der Waals surface area contributed by atoms with Crippen molar-refractivity contribution in [2.45, 2.75) is 39.2 Å². The maximum absolute atomic E-state index is 11.8. The fourth-order valence-corrected chi connectivity index (χ4v) is 2.24. The zero-order chi connectivity index (χ0) is 19.6. The van der Waals surface area contributed by atoms with Crippen LogP contribution >= 0.6 is 0 Å². The first-order chi connectivity index (χ1) is 11.6. The minimum absolute atomic E-state index is 0.0718. The summed E-state index contributed by atoms with van der Waals surface area (Å²) in [5.41, 5.74) is 5.58. The summed E-state index contributed by atoms with van der Waals surface area (Å²) in [4.78, 5) is 46.8. The second-order valence-electron chi connectivity index (χ2n) is 5.94. The van der Waals surface area contributed by atoms with Crippen LogP contribution in [0.15, 0.2) is 0 Å². The number of carboxylic acid groups (broad SMARTS) is 1. The number of hydrogen-bond donors (Lipinski definition) is 2. The molecule has 0 aliphatic rings. The van der Waals surface area contributed by atoms with Crippen LogP contribution in [0, 0.1) is 11.8 Å². The number of nitrogens with zero attached hydrogens (tertiary/aromatic N) is 1.